The molecule has 1 aromatic heterocycles. The Bertz CT molecular complexity index is 394. The molecule has 0 amide bonds. The molecule has 17 heavy (non-hydrogen) atoms. The molecule has 0 spiro atoms. The van der Waals surface area contributed by atoms with Crippen LogP contribution in [0.2, 0.25) is 0 Å². The predicted molar refractivity (Wildman–Crippen MR) is 65.2 cm³/mol. The second-order valence-electron chi connectivity index (χ2n) is 4.43. The minimum Gasteiger partial charge on any atom is -0.479 e. The molecule has 0 unspecified atom stereocenters. The second kappa shape index (κ2) is 5.18. The number of carbonyl (C=O) groups excluding carboxylic acids is 1. The van der Waals surface area contributed by atoms with Crippen LogP contribution in [-0.4, -0.2) is 28.7 Å². The highest BCUT2D eigenvalue weighted by atomic mass is 32.1. The zero-order chi connectivity index (χ0) is 13.1. The Balaban J connectivity index is 2.73. The fourth-order valence-corrected chi connectivity index (χ4v) is 1.73. The van der Waals surface area contributed by atoms with Gasteiger partial charge in [-0.05, 0) is 38.3 Å². The zero-order valence-corrected chi connectivity index (χ0v) is 10.7. The maximum atomic E-state index is 11.7. The fourth-order valence-electron chi connectivity index (χ4n) is 1.09. The van der Waals surface area contributed by atoms with Gasteiger partial charge in [0, 0.05) is 0 Å². The van der Waals surface area contributed by atoms with Crippen molar-refractivity contribution in [2.24, 2.45) is 0 Å². The number of carboxylic acids is 1. The number of hydrogen-bond donors (Lipinski definition) is 2. The minimum absolute atomic E-state index is 0.614. The molecule has 6 heteroatoms. The van der Waals surface area contributed by atoms with E-state index < -0.39 is 23.6 Å². The van der Waals surface area contributed by atoms with Crippen molar-refractivity contribution in [3.05, 3.63) is 17.5 Å². The number of esters is 1. The molecule has 0 radical (unpaired) electrons. The van der Waals surface area contributed by atoms with Gasteiger partial charge < -0.3 is 15.2 Å². The van der Waals surface area contributed by atoms with E-state index in [0.29, 0.717) is 5.00 Å². The summed E-state index contributed by atoms with van der Waals surface area (Å²) in [5.41, 5.74) is -0.706. The van der Waals surface area contributed by atoms with Crippen LogP contribution in [0.1, 0.15) is 20.8 Å². The van der Waals surface area contributed by atoms with Crippen molar-refractivity contribution in [1.29, 1.82) is 0 Å². The van der Waals surface area contributed by atoms with Crippen molar-refractivity contribution in [2.75, 3.05) is 5.32 Å². The lowest BCUT2D eigenvalue weighted by molar-refractivity contribution is -0.160. The number of carbonyl (C=O) groups is 2. The third kappa shape index (κ3) is 4.44. The summed E-state index contributed by atoms with van der Waals surface area (Å²) in [7, 11) is 0. The lowest BCUT2D eigenvalue weighted by Gasteiger charge is -2.22. The molecule has 0 aliphatic carbocycles. The highest BCUT2D eigenvalue weighted by Crippen LogP contribution is 2.17. The minimum atomic E-state index is -1.38. The van der Waals surface area contributed by atoms with Gasteiger partial charge in [0.2, 0.25) is 6.04 Å². The Kier molecular flexibility index (Phi) is 4.11. The van der Waals surface area contributed by atoms with E-state index in [-0.39, 0.29) is 0 Å². The molecule has 94 valence electrons. The van der Waals surface area contributed by atoms with Crippen LogP contribution in [0.5, 0.6) is 0 Å². The van der Waals surface area contributed by atoms with Crippen molar-refractivity contribution in [1.82, 2.24) is 0 Å². The van der Waals surface area contributed by atoms with E-state index in [1.807, 2.05) is 0 Å². The lowest BCUT2D eigenvalue weighted by Crippen LogP contribution is -2.41. The van der Waals surface area contributed by atoms with Crippen molar-refractivity contribution in [3.63, 3.8) is 0 Å². The first kappa shape index (κ1) is 13.5. The van der Waals surface area contributed by atoms with Crippen LogP contribution in [0.15, 0.2) is 17.5 Å². The third-order valence-electron chi connectivity index (χ3n) is 1.70. The average molecular weight is 257 g/mol. The standard InChI is InChI=1S/C11H15NO4S/c1-11(2,3)16-10(15)8(9(13)14)12-7-5-4-6-17-7/h4-6,8,12H,1-3H3,(H,13,14)/t8-/m1/s1. The monoisotopic (exact) mass is 257 g/mol. The van der Waals surface area contributed by atoms with Crippen molar-refractivity contribution >= 4 is 28.3 Å². The maximum absolute atomic E-state index is 11.7. The first-order valence-electron chi connectivity index (χ1n) is 5.05. The first-order chi connectivity index (χ1) is 7.79. The Morgan fingerprint density at radius 3 is 2.53 bits per heavy atom. The number of anilines is 1. The topological polar surface area (TPSA) is 75.6 Å². The number of carboxylic acid groups (broad SMARTS) is 1. The summed E-state index contributed by atoms with van der Waals surface area (Å²) in [6, 6.07) is 2.08. The molecular weight excluding hydrogens is 242 g/mol. The number of rotatable bonds is 4. The first-order valence-corrected chi connectivity index (χ1v) is 5.93. The highest BCUT2D eigenvalue weighted by Gasteiger charge is 2.31. The summed E-state index contributed by atoms with van der Waals surface area (Å²) in [5.74, 6) is -2.05. The summed E-state index contributed by atoms with van der Waals surface area (Å²) in [4.78, 5) is 22.7. The zero-order valence-electron chi connectivity index (χ0n) is 9.89. The normalized spacial score (nSPS) is 12.9. The third-order valence-corrected chi connectivity index (χ3v) is 2.50. The van der Waals surface area contributed by atoms with E-state index in [9.17, 15) is 9.59 Å². The number of aliphatic carboxylic acids is 1. The van der Waals surface area contributed by atoms with Crippen molar-refractivity contribution in [3.8, 4) is 0 Å². The Labute approximate surface area is 103 Å². The summed E-state index contributed by atoms with van der Waals surface area (Å²) in [5, 5.41) is 14.0. The number of hydrogen-bond acceptors (Lipinski definition) is 5. The predicted octanol–water partition coefficient (Wildman–Crippen LogP) is 1.95. The number of ether oxygens (including phenoxy) is 1. The molecule has 0 aliphatic rings. The highest BCUT2D eigenvalue weighted by molar-refractivity contribution is 7.14. The van der Waals surface area contributed by atoms with Crippen LogP contribution in [0.25, 0.3) is 0 Å². The van der Waals surface area contributed by atoms with Gasteiger partial charge in [-0.3, -0.25) is 0 Å². The van der Waals surface area contributed by atoms with Crippen LogP contribution in [0.4, 0.5) is 5.00 Å². The van der Waals surface area contributed by atoms with Gasteiger partial charge in [0.1, 0.15) is 5.60 Å². The molecule has 5 nitrogen and oxygen atoms in total. The van der Waals surface area contributed by atoms with Gasteiger partial charge in [-0.1, -0.05) is 0 Å². The Morgan fingerprint density at radius 1 is 1.47 bits per heavy atom. The number of nitrogens with one attached hydrogen (secondary N) is 1. The second-order valence-corrected chi connectivity index (χ2v) is 5.37. The van der Waals surface area contributed by atoms with E-state index in [2.05, 4.69) is 5.32 Å². The largest absolute Gasteiger partial charge is 0.479 e. The van der Waals surface area contributed by atoms with Crippen molar-refractivity contribution in [2.45, 2.75) is 32.4 Å². The van der Waals surface area contributed by atoms with Crippen LogP contribution in [0, 0.1) is 0 Å². The van der Waals surface area contributed by atoms with Crippen LogP contribution in [0.3, 0.4) is 0 Å². The molecule has 0 saturated carbocycles. The molecule has 0 aromatic carbocycles. The van der Waals surface area contributed by atoms with Gasteiger partial charge in [0.25, 0.3) is 0 Å². The van der Waals surface area contributed by atoms with E-state index in [0.717, 1.165) is 0 Å². The molecule has 0 bridgehead atoms. The smallest absolute Gasteiger partial charge is 0.340 e. The van der Waals surface area contributed by atoms with Gasteiger partial charge in [-0.25, -0.2) is 9.59 Å². The average Bonchev–Trinajstić information content (AvgIpc) is 2.62. The van der Waals surface area contributed by atoms with Gasteiger partial charge in [-0.15, -0.1) is 11.3 Å². The molecule has 1 heterocycles. The molecule has 0 aliphatic heterocycles. The van der Waals surface area contributed by atoms with Crippen LogP contribution in [-0.2, 0) is 14.3 Å². The summed E-state index contributed by atoms with van der Waals surface area (Å²) in [6.07, 6.45) is 0. The lowest BCUT2D eigenvalue weighted by atomic mass is 10.2. The maximum Gasteiger partial charge on any atom is 0.340 e. The quantitative estimate of drug-likeness (QED) is 0.637. The van der Waals surface area contributed by atoms with Gasteiger partial charge >= 0.3 is 11.9 Å². The summed E-state index contributed by atoms with van der Waals surface area (Å²) >= 11 is 1.32. The molecule has 1 atom stereocenters. The van der Waals surface area contributed by atoms with Crippen LogP contribution >= 0.6 is 11.3 Å². The summed E-state index contributed by atoms with van der Waals surface area (Å²) in [6.45, 7) is 5.07. The fraction of sp³-hybridized carbons (Fsp3) is 0.455. The van der Waals surface area contributed by atoms with Crippen molar-refractivity contribution < 1.29 is 19.4 Å². The van der Waals surface area contributed by atoms with E-state index in [4.69, 9.17) is 9.84 Å². The number of thiophene rings is 1. The Hall–Kier alpha value is -1.56. The Morgan fingerprint density at radius 2 is 2.12 bits per heavy atom. The molecule has 1 aromatic rings. The van der Waals surface area contributed by atoms with E-state index >= 15 is 0 Å². The molecule has 0 fully saturated rings. The molecule has 2 N–H and O–H groups in total. The van der Waals surface area contributed by atoms with Gasteiger partial charge in [0.15, 0.2) is 0 Å². The van der Waals surface area contributed by atoms with E-state index in [1.165, 1.54) is 11.3 Å². The SMILES string of the molecule is CC(C)(C)OC(=O)[C@H](Nc1cccs1)C(=O)O. The molecule has 1 rings (SSSR count). The van der Waals surface area contributed by atoms with Gasteiger partial charge in [-0.2, -0.15) is 0 Å². The van der Waals surface area contributed by atoms with Crippen LogP contribution < -0.4 is 5.32 Å². The van der Waals surface area contributed by atoms with Gasteiger partial charge in [0.05, 0.1) is 5.00 Å². The summed E-state index contributed by atoms with van der Waals surface area (Å²) < 4.78 is 5.03. The van der Waals surface area contributed by atoms with E-state index in [1.54, 1.807) is 38.3 Å². The molecule has 0 saturated heterocycles. The molecular formula is C11H15NO4S.